The van der Waals surface area contributed by atoms with Crippen LogP contribution < -0.4 is 22.5 Å². The summed E-state index contributed by atoms with van der Waals surface area (Å²) in [5, 5.41) is 0. The minimum absolute atomic E-state index is 0.0386. The maximum absolute atomic E-state index is 11.8. The molecule has 8 heteroatoms. The lowest BCUT2D eigenvalue weighted by atomic mass is 10.2. The molecule has 0 fully saturated rings. The first-order valence-corrected chi connectivity index (χ1v) is 5.75. The number of nitrogens with zero attached hydrogens (tertiary/aromatic N) is 3. The number of pyridine rings is 1. The van der Waals surface area contributed by atoms with Crippen molar-refractivity contribution in [3.63, 3.8) is 0 Å². The smallest absolute Gasteiger partial charge is 0.303 e. The van der Waals surface area contributed by atoms with E-state index in [0.29, 0.717) is 11.3 Å². The Bertz CT molecular complexity index is 745. The fourth-order valence-electron chi connectivity index (χ4n) is 1.66. The van der Waals surface area contributed by atoms with E-state index in [2.05, 4.69) is 4.98 Å². The third-order valence-corrected chi connectivity index (χ3v) is 2.78. The van der Waals surface area contributed by atoms with Gasteiger partial charge in [0.2, 0.25) is 0 Å². The Morgan fingerprint density at radius 3 is 2.70 bits per heavy atom. The van der Waals surface area contributed by atoms with Crippen molar-refractivity contribution in [2.75, 3.05) is 0 Å². The fraction of sp³-hybridized carbons (Fsp3) is 0.167. The Morgan fingerprint density at radius 2 is 2.10 bits per heavy atom. The first-order chi connectivity index (χ1) is 9.52. The number of carbonyl (C=O) groups excluding carboxylic acids is 1. The Hall–Kier alpha value is -2.74. The van der Waals surface area contributed by atoms with Crippen molar-refractivity contribution >= 4 is 5.91 Å². The lowest BCUT2D eigenvalue weighted by Gasteiger charge is -2.06. The average Bonchev–Trinajstić information content (AvgIpc) is 2.47. The van der Waals surface area contributed by atoms with Gasteiger partial charge in [-0.2, -0.15) is 0 Å². The number of hydrogen-bond donors (Lipinski definition) is 2. The number of carbonyl (C=O) groups is 1. The van der Waals surface area contributed by atoms with Gasteiger partial charge in [-0.3, -0.25) is 24.6 Å². The fourth-order valence-corrected chi connectivity index (χ4v) is 1.66. The van der Waals surface area contributed by atoms with Gasteiger partial charge < -0.3 is 4.57 Å². The van der Waals surface area contributed by atoms with Crippen molar-refractivity contribution in [1.82, 2.24) is 19.5 Å². The number of rotatable bonds is 3. The van der Waals surface area contributed by atoms with Gasteiger partial charge in [0.25, 0.3) is 11.5 Å². The van der Waals surface area contributed by atoms with E-state index in [1.165, 1.54) is 29.1 Å². The highest BCUT2D eigenvalue weighted by atomic mass is 16.2. The second-order valence-corrected chi connectivity index (χ2v) is 4.15. The minimum atomic E-state index is -0.461. The summed E-state index contributed by atoms with van der Waals surface area (Å²) < 4.78 is 2.36. The predicted molar refractivity (Wildman–Crippen MR) is 70.9 cm³/mol. The largest absolute Gasteiger partial charge is 0.331 e. The quantitative estimate of drug-likeness (QED) is 0.406. The van der Waals surface area contributed by atoms with Crippen molar-refractivity contribution in [1.29, 1.82) is 0 Å². The molecule has 0 saturated carbocycles. The maximum Gasteiger partial charge on any atom is 0.331 e. The van der Waals surface area contributed by atoms with Gasteiger partial charge >= 0.3 is 5.69 Å². The van der Waals surface area contributed by atoms with Gasteiger partial charge in [-0.1, -0.05) is 0 Å². The molecule has 2 aromatic heterocycles. The van der Waals surface area contributed by atoms with Gasteiger partial charge in [-0.15, -0.1) is 0 Å². The summed E-state index contributed by atoms with van der Waals surface area (Å²) in [6.07, 6.45) is 2.74. The van der Waals surface area contributed by atoms with Crippen LogP contribution in [0.4, 0.5) is 0 Å². The van der Waals surface area contributed by atoms with Gasteiger partial charge in [0.05, 0.1) is 17.8 Å². The van der Waals surface area contributed by atoms with Gasteiger partial charge in [-0.25, -0.2) is 10.6 Å². The highest BCUT2D eigenvalue weighted by Crippen LogP contribution is 2.00. The Kier molecular flexibility index (Phi) is 3.76. The molecule has 0 bridgehead atoms. The number of hydrazine groups is 1. The van der Waals surface area contributed by atoms with Crippen molar-refractivity contribution in [2.24, 2.45) is 12.9 Å². The zero-order chi connectivity index (χ0) is 14.7. The van der Waals surface area contributed by atoms with E-state index in [0.717, 1.165) is 4.57 Å². The summed E-state index contributed by atoms with van der Waals surface area (Å²) in [7, 11) is 1.56. The zero-order valence-corrected chi connectivity index (χ0v) is 10.7. The van der Waals surface area contributed by atoms with Gasteiger partial charge in [-0.05, 0) is 12.1 Å². The summed E-state index contributed by atoms with van der Waals surface area (Å²) in [6, 6.07) is 4.38. The molecule has 2 aromatic rings. The van der Waals surface area contributed by atoms with E-state index >= 15 is 0 Å². The molecule has 0 radical (unpaired) electrons. The summed E-state index contributed by atoms with van der Waals surface area (Å²) in [5.74, 6) is 4.54. The predicted octanol–water partition coefficient (Wildman–Crippen LogP) is -1.41. The average molecular weight is 275 g/mol. The molecule has 2 rings (SSSR count). The summed E-state index contributed by atoms with van der Waals surface area (Å²) in [5.41, 5.74) is 1.94. The SMILES string of the molecule is Cn1ccc(=O)n(Cc2ccc(C(=O)NN)cn2)c1=O. The molecular weight excluding hydrogens is 262 g/mol. The molecule has 8 nitrogen and oxygen atoms in total. The summed E-state index contributed by atoms with van der Waals surface area (Å²) >= 11 is 0. The van der Waals surface area contributed by atoms with Crippen LogP contribution in [0.15, 0.2) is 40.2 Å². The lowest BCUT2D eigenvalue weighted by Crippen LogP contribution is -2.38. The van der Waals surface area contributed by atoms with Crippen LogP contribution in [-0.4, -0.2) is 20.0 Å². The second-order valence-electron chi connectivity index (χ2n) is 4.15. The molecule has 0 unspecified atom stereocenters. The van der Waals surface area contributed by atoms with E-state index in [4.69, 9.17) is 5.84 Å². The van der Waals surface area contributed by atoms with E-state index in [9.17, 15) is 14.4 Å². The highest BCUT2D eigenvalue weighted by molar-refractivity contribution is 5.93. The van der Waals surface area contributed by atoms with Crippen LogP contribution in [0, 0.1) is 0 Å². The first-order valence-electron chi connectivity index (χ1n) is 5.75. The van der Waals surface area contributed by atoms with E-state index in [1.54, 1.807) is 13.1 Å². The normalized spacial score (nSPS) is 10.3. The summed E-state index contributed by atoms with van der Waals surface area (Å²) in [6.45, 7) is 0.0386. The topological polar surface area (TPSA) is 112 Å². The first kappa shape index (κ1) is 13.7. The Labute approximate surface area is 113 Å². The molecule has 0 aromatic carbocycles. The molecule has 0 atom stereocenters. The van der Waals surface area contributed by atoms with Gasteiger partial charge in [0.15, 0.2) is 0 Å². The van der Waals surface area contributed by atoms with Crippen LogP contribution >= 0.6 is 0 Å². The molecule has 0 aliphatic heterocycles. The third kappa shape index (κ3) is 2.64. The summed E-state index contributed by atoms with van der Waals surface area (Å²) in [4.78, 5) is 38.8. The molecule has 3 N–H and O–H groups in total. The van der Waals surface area contributed by atoms with Crippen LogP contribution in [0.1, 0.15) is 16.1 Å². The maximum atomic E-state index is 11.8. The third-order valence-electron chi connectivity index (χ3n) is 2.78. The highest BCUT2D eigenvalue weighted by Gasteiger charge is 2.07. The standard InChI is InChI=1S/C12H13N5O3/c1-16-5-4-10(18)17(12(16)20)7-9-3-2-8(6-14-9)11(19)15-13/h2-6H,7,13H2,1H3,(H,15,19). The molecular formula is C12H13N5O3. The number of nitrogens with one attached hydrogen (secondary N) is 1. The molecule has 104 valence electrons. The monoisotopic (exact) mass is 275 g/mol. The molecule has 1 amide bonds. The van der Waals surface area contributed by atoms with Crippen LogP contribution in [0.2, 0.25) is 0 Å². The van der Waals surface area contributed by atoms with Crippen molar-refractivity contribution < 1.29 is 4.79 Å². The van der Waals surface area contributed by atoms with E-state index in [-0.39, 0.29) is 6.54 Å². The van der Waals surface area contributed by atoms with Gasteiger partial charge in [0, 0.05) is 25.5 Å². The molecule has 0 aliphatic rings. The number of hydrogen-bond acceptors (Lipinski definition) is 5. The molecule has 0 aliphatic carbocycles. The van der Waals surface area contributed by atoms with Crippen LogP contribution in [0.25, 0.3) is 0 Å². The molecule has 20 heavy (non-hydrogen) atoms. The van der Waals surface area contributed by atoms with Crippen molar-refractivity contribution in [2.45, 2.75) is 6.54 Å². The molecule has 0 saturated heterocycles. The van der Waals surface area contributed by atoms with E-state index < -0.39 is 17.2 Å². The number of aromatic nitrogens is 3. The number of nitrogens with two attached hydrogens (primary N) is 1. The van der Waals surface area contributed by atoms with Crippen LogP contribution in [0.5, 0.6) is 0 Å². The van der Waals surface area contributed by atoms with Crippen molar-refractivity contribution in [3.05, 3.63) is 62.7 Å². The van der Waals surface area contributed by atoms with Crippen LogP contribution in [-0.2, 0) is 13.6 Å². The Balaban J connectivity index is 2.32. The number of nitrogen functional groups attached to an aromatic ring is 1. The second kappa shape index (κ2) is 5.49. The van der Waals surface area contributed by atoms with Gasteiger partial charge in [0.1, 0.15) is 0 Å². The van der Waals surface area contributed by atoms with Crippen LogP contribution in [0.3, 0.4) is 0 Å². The zero-order valence-electron chi connectivity index (χ0n) is 10.7. The minimum Gasteiger partial charge on any atom is -0.303 e. The molecule has 2 heterocycles. The number of amides is 1. The Morgan fingerprint density at radius 1 is 1.35 bits per heavy atom. The molecule has 0 spiro atoms. The number of aryl methyl sites for hydroxylation is 1. The lowest BCUT2D eigenvalue weighted by molar-refractivity contribution is 0.0953. The van der Waals surface area contributed by atoms with Crippen molar-refractivity contribution in [3.8, 4) is 0 Å². The van der Waals surface area contributed by atoms with E-state index in [1.807, 2.05) is 5.43 Å².